The summed E-state index contributed by atoms with van der Waals surface area (Å²) in [4.78, 5) is 18.0. The number of carbonyl (C=O) groups excluding carboxylic acids is 1. The van der Waals surface area contributed by atoms with Crippen LogP contribution in [0.5, 0.6) is 0 Å². The Balaban J connectivity index is 1.49. The van der Waals surface area contributed by atoms with Crippen LogP contribution in [0.3, 0.4) is 0 Å². The van der Waals surface area contributed by atoms with Gasteiger partial charge in [0.2, 0.25) is 11.7 Å². The summed E-state index contributed by atoms with van der Waals surface area (Å²) >= 11 is 0. The van der Waals surface area contributed by atoms with Crippen molar-refractivity contribution in [1.82, 2.24) is 20.4 Å². The van der Waals surface area contributed by atoms with E-state index in [9.17, 15) is 4.79 Å². The van der Waals surface area contributed by atoms with E-state index in [2.05, 4.69) is 15.5 Å². The zero-order valence-electron chi connectivity index (χ0n) is 13.1. The van der Waals surface area contributed by atoms with Gasteiger partial charge < -0.3 is 19.5 Å². The van der Waals surface area contributed by atoms with Crippen molar-refractivity contribution in [2.24, 2.45) is 0 Å². The molecule has 1 aromatic heterocycles. The van der Waals surface area contributed by atoms with Gasteiger partial charge >= 0.3 is 6.03 Å². The number of benzene rings is 1. The molecule has 1 N–H and O–H groups in total. The summed E-state index contributed by atoms with van der Waals surface area (Å²) in [6, 6.07) is 7.86. The van der Waals surface area contributed by atoms with E-state index in [4.69, 9.17) is 9.26 Å². The molecule has 7 nitrogen and oxygen atoms in total. The maximum absolute atomic E-state index is 11.9. The van der Waals surface area contributed by atoms with Gasteiger partial charge in [0.05, 0.1) is 13.2 Å². The van der Waals surface area contributed by atoms with Crippen molar-refractivity contribution in [3.05, 3.63) is 35.7 Å². The quantitative estimate of drug-likeness (QED) is 0.927. The van der Waals surface area contributed by atoms with E-state index in [1.807, 2.05) is 31.2 Å². The minimum Gasteiger partial charge on any atom is -0.378 e. The third-order valence-corrected chi connectivity index (χ3v) is 3.69. The lowest BCUT2D eigenvalue weighted by atomic mass is 10.1. The molecule has 3 rings (SSSR count). The van der Waals surface area contributed by atoms with E-state index in [1.54, 1.807) is 4.90 Å². The van der Waals surface area contributed by atoms with Crippen molar-refractivity contribution < 1.29 is 14.1 Å². The SMILES string of the molecule is Cc1ccc(-c2noc(CCNC(=O)N3CCOCC3)n2)cc1. The first-order valence-electron chi connectivity index (χ1n) is 7.72. The molecule has 0 unspecified atom stereocenters. The van der Waals surface area contributed by atoms with Crippen LogP contribution in [0.15, 0.2) is 28.8 Å². The van der Waals surface area contributed by atoms with Gasteiger partial charge in [-0.1, -0.05) is 35.0 Å². The highest BCUT2D eigenvalue weighted by atomic mass is 16.5. The first-order chi connectivity index (χ1) is 11.2. The van der Waals surface area contributed by atoms with Crippen molar-refractivity contribution in [2.45, 2.75) is 13.3 Å². The topological polar surface area (TPSA) is 80.5 Å². The van der Waals surface area contributed by atoms with Crippen LogP contribution in [0.2, 0.25) is 0 Å². The Kier molecular flexibility index (Phi) is 4.87. The van der Waals surface area contributed by atoms with Crippen molar-refractivity contribution >= 4 is 6.03 Å². The summed E-state index contributed by atoms with van der Waals surface area (Å²) in [5, 5.41) is 6.84. The van der Waals surface area contributed by atoms with Gasteiger partial charge in [0.25, 0.3) is 0 Å². The number of nitrogens with one attached hydrogen (secondary N) is 1. The number of nitrogens with zero attached hydrogens (tertiary/aromatic N) is 3. The molecule has 2 aromatic rings. The highest BCUT2D eigenvalue weighted by molar-refractivity contribution is 5.74. The zero-order chi connectivity index (χ0) is 16.1. The predicted octanol–water partition coefficient (Wildman–Crippen LogP) is 1.63. The number of morpholine rings is 1. The van der Waals surface area contributed by atoms with E-state index in [0.717, 1.165) is 5.56 Å². The van der Waals surface area contributed by atoms with Gasteiger partial charge in [0.15, 0.2) is 0 Å². The maximum atomic E-state index is 11.9. The average molecular weight is 316 g/mol. The zero-order valence-corrected chi connectivity index (χ0v) is 13.1. The second-order valence-corrected chi connectivity index (χ2v) is 5.46. The molecule has 0 saturated carbocycles. The molecule has 122 valence electrons. The van der Waals surface area contributed by atoms with Crippen LogP contribution in [0.25, 0.3) is 11.4 Å². The van der Waals surface area contributed by atoms with Crippen molar-refractivity contribution in [1.29, 1.82) is 0 Å². The molecule has 1 aromatic carbocycles. The molecule has 23 heavy (non-hydrogen) atoms. The van der Waals surface area contributed by atoms with Gasteiger partial charge in [0, 0.05) is 31.6 Å². The van der Waals surface area contributed by atoms with Crippen molar-refractivity contribution in [3.8, 4) is 11.4 Å². The van der Waals surface area contributed by atoms with Crippen LogP contribution in [0.1, 0.15) is 11.5 Å². The number of carbonyl (C=O) groups is 1. The van der Waals surface area contributed by atoms with Gasteiger partial charge in [-0.25, -0.2) is 4.79 Å². The lowest BCUT2D eigenvalue weighted by Gasteiger charge is -2.26. The van der Waals surface area contributed by atoms with Crippen LogP contribution in [0, 0.1) is 6.92 Å². The van der Waals surface area contributed by atoms with Crippen LogP contribution >= 0.6 is 0 Å². The van der Waals surface area contributed by atoms with Gasteiger partial charge in [-0.3, -0.25) is 0 Å². The molecule has 1 saturated heterocycles. The van der Waals surface area contributed by atoms with Crippen LogP contribution < -0.4 is 5.32 Å². The Morgan fingerprint density at radius 1 is 1.26 bits per heavy atom. The third-order valence-electron chi connectivity index (χ3n) is 3.69. The number of hydrogen-bond acceptors (Lipinski definition) is 5. The van der Waals surface area contributed by atoms with Crippen LogP contribution in [-0.4, -0.2) is 53.9 Å². The summed E-state index contributed by atoms with van der Waals surface area (Å²) in [6.07, 6.45) is 0.509. The Morgan fingerprint density at radius 3 is 2.74 bits per heavy atom. The lowest BCUT2D eigenvalue weighted by Crippen LogP contribution is -2.46. The van der Waals surface area contributed by atoms with Gasteiger partial charge in [0.1, 0.15) is 0 Å². The Morgan fingerprint density at radius 2 is 2.00 bits per heavy atom. The van der Waals surface area contributed by atoms with E-state index >= 15 is 0 Å². The van der Waals surface area contributed by atoms with Crippen molar-refractivity contribution in [2.75, 3.05) is 32.8 Å². The number of aromatic nitrogens is 2. The van der Waals surface area contributed by atoms with Crippen LogP contribution in [-0.2, 0) is 11.2 Å². The highest BCUT2D eigenvalue weighted by Crippen LogP contribution is 2.16. The van der Waals surface area contributed by atoms with Gasteiger partial charge in [-0.15, -0.1) is 0 Å². The van der Waals surface area contributed by atoms with Gasteiger partial charge in [-0.2, -0.15) is 4.98 Å². The second kappa shape index (κ2) is 7.23. The molecule has 1 aliphatic heterocycles. The molecule has 7 heteroatoms. The Bertz CT molecular complexity index is 648. The molecule has 1 aliphatic rings. The first-order valence-corrected chi connectivity index (χ1v) is 7.72. The molecule has 0 aliphatic carbocycles. The predicted molar refractivity (Wildman–Crippen MR) is 84.0 cm³/mol. The largest absolute Gasteiger partial charge is 0.378 e. The fourth-order valence-corrected chi connectivity index (χ4v) is 2.33. The Labute approximate surface area is 134 Å². The lowest BCUT2D eigenvalue weighted by molar-refractivity contribution is 0.0532. The second-order valence-electron chi connectivity index (χ2n) is 5.46. The molecule has 2 amide bonds. The number of urea groups is 1. The van der Waals surface area contributed by atoms with Crippen LogP contribution in [0.4, 0.5) is 4.79 Å². The summed E-state index contributed by atoms with van der Waals surface area (Å²) in [7, 11) is 0. The normalized spacial score (nSPS) is 14.7. The first kappa shape index (κ1) is 15.5. The molecule has 0 atom stereocenters. The highest BCUT2D eigenvalue weighted by Gasteiger charge is 2.16. The standard InChI is InChI=1S/C16H20N4O3/c1-12-2-4-13(5-3-12)15-18-14(23-19-15)6-7-17-16(21)20-8-10-22-11-9-20/h2-5H,6-11H2,1H3,(H,17,21). The maximum Gasteiger partial charge on any atom is 0.317 e. The monoisotopic (exact) mass is 316 g/mol. The van der Waals surface area contributed by atoms with E-state index in [1.165, 1.54) is 5.56 Å². The number of aryl methyl sites for hydroxylation is 1. The van der Waals surface area contributed by atoms with E-state index in [0.29, 0.717) is 51.0 Å². The van der Waals surface area contributed by atoms with Gasteiger partial charge in [-0.05, 0) is 6.92 Å². The minimum absolute atomic E-state index is 0.0772. The smallest absolute Gasteiger partial charge is 0.317 e. The molecule has 0 bridgehead atoms. The molecule has 1 fully saturated rings. The number of amides is 2. The summed E-state index contributed by atoms with van der Waals surface area (Å²) < 4.78 is 10.5. The average Bonchev–Trinajstić information content (AvgIpc) is 3.05. The Hall–Kier alpha value is -2.41. The number of rotatable bonds is 4. The molecular weight excluding hydrogens is 296 g/mol. The molecule has 0 radical (unpaired) electrons. The van der Waals surface area contributed by atoms with E-state index in [-0.39, 0.29) is 6.03 Å². The third kappa shape index (κ3) is 4.07. The van der Waals surface area contributed by atoms with E-state index < -0.39 is 0 Å². The number of hydrogen-bond donors (Lipinski definition) is 1. The fourth-order valence-electron chi connectivity index (χ4n) is 2.33. The van der Waals surface area contributed by atoms with Crippen molar-refractivity contribution in [3.63, 3.8) is 0 Å². The minimum atomic E-state index is -0.0772. The molecular formula is C16H20N4O3. The summed E-state index contributed by atoms with van der Waals surface area (Å²) in [5.41, 5.74) is 2.10. The number of ether oxygens (including phenoxy) is 1. The fraction of sp³-hybridized carbons (Fsp3) is 0.438. The molecule has 2 heterocycles. The molecule has 0 spiro atoms. The summed E-state index contributed by atoms with van der Waals surface area (Å²) in [6.45, 7) is 4.94. The summed E-state index contributed by atoms with van der Waals surface area (Å²) in [5.74, 6) is 1.09.